The molecule has 1 fully saturated rings. The number of carbonyl (C=O) groups is 5. The molecule has 5 rings (SSSR count). The van der Waals surface area contributed by atoms with E-state index in [2.05, 4.69) is 31.1 Å². The molecule has 3 aromatic heterocycles. The monoisotopic (exact) mass is 828 g/mol. The molecule has 2 atom stereocenters. The highest BCUT2D eigenvalue weighted by molar-refractivity contribution is 8.00. The summed E-state index contributed by atoms with van der Waals surface area (Å²) in [5.74, 6) is -5.26. The van der Waals surface area contributed by atoms with Crippen LogP contribution < -0.4 is 37.4 Å². The van der Waals surface area contributed by atoms with Crippen LogP contribution in [0.2, 0.25) is 0 Å². The van der Waals surface area contributed by atoms with Crippen molar-refractivity contribution in [1.29, 1.82) is 0 Å². The summed E-state index contributed by atoms with van der Waals surface area (Å²) in [4.78, 5) is 88.8. The number of oxime groups is 1. The summed E-state index contributed by atoms with van der Waals surface area (Å²) in [6, 6.07) is -0.313. The van der Waals surface area contributed by atoms with Crippen LogP contribution in [0, 0.1) is 0 Å². The number of rotatable bonds is 17. The molecule has 5 heterocycles. The Bertz CT molecular complexity index is 2250. The lowest BCUT2D eigenvalue weighted by Gasteiger charge is -2.49. The van der Waals surface area contributed by atoms with E-state index in [9.17, 15) is 49.3 Å². The zero-order valence-corrected chi connectivity index (χ0v) is 31.9. The molecule has 0 radical (unpaired) electrons. The third kappa shape index (κ3) is 9.58. The molecule has 1 unspecified atom stereocenters. The average Bonchev–Trinajstić information content (AvgIpc) is 3.59. The number of nitrogen functional groups attached to an aromatic ring is 2. The number of carboxylic acid groups (broad SMARTS) is 2. The number of aromatic hydroxyl groups is 1. The molecule has 302 valence electrons. The number of nitrogens with one attached hydrogen (secondary N) is 3. The number of thioether (sulfide) groups is 1. The normalized spacial score (nSPS) is 16.8. The summed E-state index contributed by atoms with van der Waals surface area (Å²) >= 11 is 2.23. The molecule has 11 N–H and O–H groups in total. The van der Waals surface area contributed by atoms with Crippen LogP contribution in [0.4, 0.5) is 16.6 Å². The first-order valence-corrected chi connectivity index (χ1v) is 18.8. The smallest absolute Gasteiger partial charge is 0.352 e. The van der Waals surface area contributed by atoms with Crippen molar-refractivity contribution in [3.63, 3.8) is 0 Å². The van der Waals surface area contributed by atoms with Crippen molar-refractivity contribution in [2.75, 3.05) is 35.6 Å². The molecule has 0 aromatic carbocycles. The van der Waals surface area contributed by atoms with E-state index in [1.54, 1.807) is 22.9 Å². The summed E-state index contributed by atoms with van der Waals surface area (Å²) in [5.41, 5.74) is 9.01. The van der Waals surface area contributed by atoms with E-state index >= 15 is 0 Å². The summed E-state index contributed by atoms with van der Waals surface area (Å²) in [6.07, 6.45) is 8.32. The number of hydrogen-bond acceptors (Lipinski definition) is 17. The Morgan fingerprint density at radius 1 is 1.18 bits per heavy atom. The van der Waals surface area contributed by atoms with E-state index in [1.807, 2.05) is 0 Å². The topological polar surface area (TPSA) is 331 Å². The predicted octanol–water partition coefficient (Wildman–Crippen LogP) is -0.704. The average molecular weight is 829 g/mol. The van der Waals surface area contributed by atoms with Crippen molar-refractivity contribution in [2.45, 2.75) is 50.3 Å². The third-order valence-corrected chi connectivity index (χ3v) is 10.3. The van der Waals surface area contributed by atoms with Gasteiger partial charge in [0.1, 0.15) is 46.9 Å². The van der Waals surface area contributed by atoms with E-state index < -0.39 is 63.6 Å². The number of β-lactam (4-membered cyclic amide) rings is 1. The molecule has 22 nitrogen and oxygen atoms in total. The first-order valence-electron chi connectivity index (χ1n) is 16.9. The Morgan fingerprint density at radius 2 is 1.91 bits per heavy atom. The summed E-state index contributed by atoms with van der Waals surface area (Å²) < 4.78 is 2.06. The zero-order chi connectivity index (χ0) is 41.6. The van der Waals surface area contributed by atoms with Gasteiger partial charge in [-0.15, -0.1) is 23.1 Å². The maximum atomic E-state index is 13.3. The molecule has 0 bridgehead atoms. The van der Waals surface area contributed by atoms with Gasteiger partial charge in [-0.1, -0.05) is 11.2 Å². The molecule has 0 aliphatic carbocycles. The highest BCUT2D eigenvalue weighted by Gasteiger charge is 2.54. The summed E-state index contributed by atoms with van der Waals surface area (Å²) in [7, 11) is 0. The number of aliphatic carboxylic acids is 2. The van der Waals surface area contributed by atoms with E-state index in [1.165, 1.54) is 37.3 Å². The number of carboxylic acids is 2. The Labute approximate surface area is 330 Å². The minimum absolute atomic E-state index is 0.0122. The highest BCUT2D eigenvalue weighted by atomic mass is 32.2. The second-order valence-corrected chi connectivity index (χ2v) is 14.9. The predicted molar refractivity (Wildman–Crippen MR) is 203 cm³/mol. The van der Waals surface area contributed by atoms with Crippen molar-refractivity contribution < 1.29 is 53.9 Å². The van der Waals surface area contributed by atoms with Crippen LogP contribution in [0.3, 0.4) is 0 Å². The van der Waals surface area contributed by atoms with E-state index in [4.69, 9.17) is 16.3 Å². The van der Waals surface area contributed by atoms with Gasteiger partial charge in [0.05, 0.1) is 6.20 Å². The largest absolute Gasteiger partial charge is 0.503 e. The molecule has 0 saturated carbocycles. The molecule has 57 heavy (non-hydrogen) atoms. The second kappa shape index (κ2) is 17.4. The number of pyridine rings is 1. The number of aromatic nitrogens is 4. The van der Waals surface area contributed by atoms with Gasteiger partial charge in [-0.25, -0.2) is 19.1 Å². The van der Waals surface area contributed by atoms with Gasteiger partial charge in [0.15, 0.2) is 16.6 Å². The fourth-order valence-electron chi connectivity index (χ4n) is 5.25. The molecule has 1 saturated heterocycles. The van der Waals surface area contributed by atoms with Crippen molar-refractivity contribution in [3.8, 4) is 5.75 Å². The number of hydrogen-bond donors (Lipinski definition) is 9. The first kappa shape index (κ1) is 41.5. The van der Waals surface area contributed by atoms with Gasteiger partial charge in [0.2, 0.25) is 11.0 Å². The van der Waals surface area contributed by atoms with Crippen molar-refractivity contribution in [3.05, 3.63) is 75.2 Å². The molecule has 3 amide bonds. The zero-order valence-electron chi connectivity index (χ0n) is 30.2. The van der Waals surface area contributed by atoms with Crippen LogP contribution in [0.25, 0.3) is 0 Å². The molecule has 3 aromatic rings. The van der Waals surface area contributed by atoms with Crippen LogP contribution in [-0.2, 0) is 30.6 Å². The van der Waals surface area contributed by atoms with Gasteiger partial charge in [-0.3, -0.25) is 24.1 Å². The van der Waals surface area contributed by atoms with Crippen molar-refractivity contribution in [2.24, 2.45) is 5.16 Å². The second-order valence-electron chi connectivity index (χ2n) is 12.9. The fraction of sp³-hybridized carbons (Fsp3) is 0.333. The number of nitrogens with two attached hydrogens (primary N) is 2. The van der Waals surface area contributed by atoms with Gasteiger partial charge < -0.3 is 52.8 Å². The summed E-state index contributed by atoms with van der Waals surface area (Å²) in [5, 5.41) is 51.3. The van der Waals surface area contributed by atoms with Crippen LogP contribution in [0.5, 0.6) is 5.75 Å². The van der Waals surface area contributed by atoms with E-state index in [0.717, 1.165) is 28.5 Å². The van der Waals surface area contributed by atoms with Gasteiger partial charge in [0.25, 0.3) is 29.9 Å². The van der Waals surface area contributed by atoms with Gasteiger partial charge in [-0.05, 0) is 43.3 Å². The quantitative estimate of drug-likeness (QED) is 0.0203. The molecule has 0 spiro atoms. The number of allylic oxidation sites excluding steroid dienone is 2. The van der Waals surface area contributed by atoms with Gasteiger partial charge in [0, 0.05) is 30.3 Å². The standard InChI is InChI=1S/C33H37N11O11S2/c1-33(2,31(52)53)55-41-22(18-14-57-32(35)39-18)27(48)40-23-28(49)44-24(30(50)51)16(13-56-29(23)44)6-5-9-42-11-17(25(34)38-15-42)36-7-3-4-8-37-26(47)19-10-20(45)21(46)12-43(19)54/h5-6,10-12,14-15,23,29,34,36,54H,3-4,7-9,13H2,1-2H3,(H7,35,37,39,40,46,47,48,50,51,52,53)/p+1/b6-5+,41-22-/t23-,29?/m1/s1. The lowest BCUT2D eigenvalue weighted by Crippen LogP contribution is -2.71. The fourth-order valence-corrected chi connectivity index (χ4v) is 7.12. The number of anilines is 3. The van der Waals surface area contributed by atoms with Crippen LogP contribution in [0.15, 0.2) is 63.5 Å². The minimum atomic E-state index is -1.80. The van der Waals surface area contributed by atoms with Crippen LogP contribution in [-0.4, -0.2) is 111 Å². The number of unbranched alkanes of at least 4 members (excludes halogenated alkanes) is 1. The van der Waals surface area contributed by atoms with Crippen LogP contribution in [0.1, 0.15) is 42.9 Å². The Balaban J connectivity index is 1.16. The number of fused-ring (bicyclic) bond motifs is 1. The number of nitrogens with zero attached hydrogens (tertiary/aromatic N) is 6. The molecule has 2 aliphatic rings. The SMILES string of the molecule is CC(C)(O/N=C(\C(=O)N[C@@H]1C(=O)N2C(C(=O)O)=C(/C=C/C[n+]3cnc(N)c(NCCCCNC(=O)c4cc(=O)c(O)cn4O)c3)CSC12)c1csc(N)n1)C(=O)O. The van der Waals surface area contributed by atoms with E-state index in [0.29, 0.717) is 35.4 Å². The minimum Gasteiger partial charge on any atom is -0.503 e. The lowest BCUT2D eigenvalue weighted by molar-refractivity contribution is -0.689. The Hall–Kier alpha value is -6.69. The lowest BCUT2D eigenvalue weighted by atomic mass is 10.0. The maximum absolute atomic E-state index is 13.3. The van der Waals surface area contributed by atoms with Crippen molar-refractivity contribution in [1.82, 2.24) is 30.2 Å². The highest BCUT2D eigenvalue weighted by Crippen LogP contribution is 2.40. The van der Waals surface area contributed by atoms with Gasteiger partial charge >= 0.3 is 11.9 Å². The number of carbonyl (C=O) groups excluding carboxylic acids is 3. The van der Waals surface area contributed by atoms with Gasteiger partial charge in [-0.2, -0.15) is 4.73 Å². The van der Waals surface area contributed by atoms with E-state index in [-0.39, 0.29) is 46.9 Å². The first-order chi connectivity index (χ1) is 27.0. The molecular formula is C33H38N11O11S2+. The molecular weight excluding hydrogens is 791 g/mol. The Kier molecular flexibility index (Phi) is 12.7. The molecule has 2 aliphatic heterocycles. The van der Waals surface area contributed by atoms with Crippen LogP contribution >= 0.6 is 23.1 Å². The number of thiazole rings is 1. The maximum Gasteiger partial charge on any atom is 0.352 e. The Morgan fingerprint density at radius 3 is 2.60 bits per heavy atom. The third-order valence-electron chi connectivity index (χ3n) is 8.35. The number of amides is 3. The van der Waals surface area contributed by atoms with Crippen molar-refractivity contribution >= 4 is 75.1 Å². The summed E-state index contributed by atoms with van der Waals surface area (Å²) in [6.45, 7) is 3.39. The molecule has 24 heteroatoms.